The molecule has 0 aromatic rings. The molecule has 0 aliphatic heterocycles. The molecule has 14 heavy (non-hydrogen) atoms. The van der Waals surface area contributed by atoms with Gasteiger partial charge in [0.2, 0.25) is 0 Å². The Kier molecular flexibility index (Phi) is 7.61. The van der Waals surface area contributed by atoms with E-state index in [-0.39, 0.29) is 0 Å². The summed E-state index contributed by atoms with van der Waals surface area (Å²) in [4.78, 5) is 0. The van der Waals surface area contributed by atoms with Crippen LogP contribution in [0, 0.1) is 24.2 Å². The van der Waals surface area contributed by atoms with Crippen molar-refractivity contribution in [2.24, 2.45) is 11.8 Å². The molecule has 0 aliphatic rings. The Hall–Kier alpha value is -0.480. The minimum absolute atomic E-state index is 0.413. The predicted molar refractivity (Wildman–Crippen MR) is 62.1 cm³/mol. The predicted octanol–water partition coefficient (Wildman–Crippen LogP) is 3.49. The largest absolute Gasteiger partial charge is 0.381 e. The second kappa shape index (κ2) is 7.88. The Morgan fingerprint density at radius 2 is 1.93 bits per heavy atom. The van der Waals surface area contributed by atoms with Crippen LogP contribution in [0.1, 0.15) is 46.5 Å². The summed E-state index contributed by atoms with van der Waals surface area (Å²) in [6.07, 6.45) is 10.4. The molecule has 0 heterocycles. The van der Waals surface area contributed by atoms with Crippen molar-refractivity contribution in [2.75, 3.05) is 7.11 Å². The fourth-order valence-corrected chi connectivity index (χ4v) is 1.82. The minimum atomic E-state index is 0.413. The second-order valence-electron chi connectivity index (χ2n) is 4.16. The van der Waals surface area contributed by atoms with Crippen LogP contribution in [0.25, 0.3) is 0 Å². The zero-order valence-corrected chi connectivity index (χ0v) is 10.0. The third-order valence-corrected chi connectivity index (χ3v) is 2.92. The normalized spacial score (nSPS) is 17.1. The van der Waals surface area contributed by atoms with Crippen molar-refractivity contribution >= 4 is 0 Å². The molecule has 0 aromatic heterocycles. The fraction of sp³-hybridized carbons (Fsp3) is 0.846. The van der Waals surface area contributed by atoms with Crippen molar-refractivity contribution in [3.8, 4) is 12.3 Å². The zero-order valence-electron chi connectivity index (χ0n) is 10.0. The third kappa shape index (κ3) is 5.29. The molecule has 0 saturated heterocycles. The summed E-state index contributed by atoms with van der Waals surface area (Å²) in [6, 6.07) is 0. The summed E-state index contributed by atoms with van der Waals surface area (Å²) in [5.74, 6) is 3.83. The van der Waals surface area contributed by atoms with E-state index < -0.39 is 0 Å². The van der Waals surface area contributed by atoms with E-state index in [2.05, 4.69) is 26.7 Å². The first-order valence-corrected chi connectivity index (χ1v) is 5.64. The van der Waals surface area contributed by atoms with Crippen LogP contribution in [-0.4, -0.2) is 13.2 Å². The Bertz CT molecular complexity index is 165. The molecule has 0 radical (unpaired) electrons. The molecular weight excluding hydrogens is 172 g/mol. The van der Waals surface area contributed by atoms with E-state index in [0.717, 1.165) is 12.8 Å². The lowest BCUT2D eigenvalue weighted by molar-refractivity contribution is 0.0514. The van der Waals surface area contributed by atoms with Gasteiger partial charge in [-0.15, -0.1) is 12.3 Å². The maximum absolute atomic E-state index is 5.40. The summed E-state index contributed by atoms with van der Waals surface area (Å²) >= 11 is 0. The Labute approximate surface area is 89.2 Å². The van der Waals surface area contributed by atoms with Crippen molar-refractivity contribution in [1.29, 1.82) is 0 Å². The zero-order chi connectivity index (χ0) is 11.0. The lowest BCUT2D eigenvalue weighted by atomic mass is 9.94. The van der Waals surface area contributed by atoms with E-state index in [1.807, 2.05) is 0 Å². The summed E-state index contributed by atoms with van der Waals surface area (Å²) in [5, 5.41) is 0. The molecule has 0 aliphatic carbocycles. The molecule has 3 atom stereocenters. The van der Waals surface area contributed by atoms with Gasteiger partial charge >= 0.3 is 0 Å². The average molecular weight is 196 g/mol. The smallest absolute Gasteiger partial charge is 0.0594 e. The molecule has 0 spiro atoms. The number of rotatable bonds is 7. The highest BCUT2D eigenvalue weighted by atomic mass is 16.5. The highest BCUT2D eigenvalue weighted by molar-refractivity contribution is 4.89. The van der Waals surface area contributed by atoms with E-state index in [1.54, 1.807) is 7.11 Å². The maximum atomic E-state index is 5.40. The Morgan fingerprint density at radius 1 is 1.29 bits per heavy atom. The summed E-state index contributed by atoms with van der Waals surface area (Å²) in [7, 11) is 1.80. The van der Waals surface area contributed by atoms with Crippen LogP contribution in [0.5, 0.6) is 0 Å². The van der Waals surface area contributed by atoms with Crippen LogP contribution < -0.4 is 0 Å². The first kappa shape index (κ1) is 13.5. The van der Waals surface area contributed by atoms with Gasteiger partial charge in [-0.05, 0) is 25.2 Å². The van der Waals surface area contributed by atoms with E-state index in [9.17, 15) is 0 Å². The number of methoxy groups -OCH3 is 1. The topological polar surface area (TPSA) is 9.23 Å². The molecule has 3 unspecified atom stereocenters. The van der Waals surface area contributed by atoms with Crippen molar-refractivity contribution in [3.05, 3.63) is 0 Å². The monoisotopic (exact) mass is 196 g/mol. The van der Waals surface area contributed by atoms with Crippen LogP contribution >= 0.6 is 0 Å². The summed E-state index contributed by atoms with van der Waals surface area (Å²) < 4.78 is 5.40. The van der Waals surface area contributed by atoms with Gasteiger partial charge < -0.3 is 4.74 Å². The van der Waals surface area contributed by atoms with Crippen LogP contribution in [0.15, 0.2) is 0 Å². The summed E-state index contributed by atoms with van der Waals surface area (Å²) in [5.41, 5.74) is 0. The molecule has 0 amide bonds. The average Bonchev–Trinajstić information content (AvgIpc) is 2.19. The minimum Gasteiger partial charge on any atom is -0.381 e. The van der Waals surface area contributed by atoms with Gasteiger partial charge in [-0.25, -0.2) is 0 Å². The van der Waals surface area contributed by atoms with E-state index in [0.29, 0.717) is 17.9 Å². The molecule has 0 saturated carbocycles. The van der Waals surface area contributed by atoms with E-state index >= 15 is 0 Å². The van der Waals surface area contributed by atoms with Gasteiger partial charge in [0.25, 0.3) is 0 Å². The van der Waals surface area contributed by atoms with Gasteiger partial charge in [0.1, 0.15) is 0 Å². The first-order chi connectivity index (χ1) is 6.65. The quantitative estimate of drug-likeness (QED) is 0.566. The second-order valence-corrected chi connectivity index (χ2v) is 4.16. The van der Waals surface area contributed by atoms with Gasteiger partial charge in [0, 0.05) is 13.0 Å². The van der Waals surface area contributed by atoms with Gasteiger partial charge in [-0.3, -0.25) is 0 Å². The van der Waals surface area contributed by atoms with Crippen LogP contribution in [-0.2, 0) is 4.74 Å². The molecule has 0 bridgehead atoms. The molecule has 1 nitrogen and oxygen atoms in total. The Morgan fingerprint density at radius 3 is 2.36 bits per heavy atom. The molecule has 0 fully saturated rings. The standard InChI is InChI=1S/C13H24O/c1-6-11(3)9-8-10-12(4)13(7-2)14-5/h1,11-13H,7-10H2,2-5H3. The number of hydrogen-bond donors (Lipinski definition) is 0. The van der Waals surface area contributed by atoms with Gasteiger partial charge in [0.05, 0.1) is 6.10 Å². The number of hydrogen-bond acceptors (Lipinski definition) is 1. The van der Waals surface area contributed by atoms with Crippen LogP contribution in [0.4, 0.5) is 0 Å². The molecule has 0 rings (SSSR count). The molecule has 1 heteroatoms. The van der Waals surface area contributed by atoms with E-state index in [4.69, 9.17) is 11.2 Å². The maximum Gasteiger partial charge on any atom is 0.0594 e. The molecular formula is C13H24O. The van der Waals surface area contributed by atoms with Gasteiger partial charge in [-0.2, -0.15) is 0 Å². The number of terminal acetylenes is 1. The van der Waals surface area contributed by atoms with Crippen molar-refractivity contribution in [2.45, 2.75) is 52.6 Å². The van der Waals surface area contributed by atoms with Crippen molar-refractivity contribution in [3.63, 3.8) is 0 Å². The van der Waals surface area contributed by atoms with Gasteiger partial charge in [-0.1, -0.05) is 27.2 Å². The lowest BCUT2D eigenvalue weighted by Gasteiger charge is -2.21. The first-order valence-electron chi connectivity index (χ1n) is 5.64. The third-order valence-electron chi connectivity index (χ3n) is 2.92. The Balaban J connectivity index is 3.63. The molecule has 0 N–H and O–H groups in total. The van der Waals surface area contributed by atoms with Crippen molar-refractivity contribution < 1.29 is 4.74 Å². The van der Waals surface area contributed by atoms with Gasteiger partial charge in [0.15, 0.2) is 0 Å². The fourth-order valence-electron chi connectivity index (χ4n) is 1.82. The van der Waals surface area contributed by atoms with Crippen LogP contribution in [0.3, 0.4) is 0 Å². The number of ether oxygens (including phenoxy) is 1. The highest BCUT2D eigenvalue weighted by Crippen LogP contribution is 2.18. The molecule has 82 valence electrons. The summed E-state index contributed by atoms with van der Waals surface area (Å²) in [6.45, 7) is 6.55. The van der Waals surface area contributed by atoms with Crippen LogP contribution in [0.2, 0.25) is 0 Å². The SMILES string of the molecule is C#CC(C)CCCC(C)C(CC)OC. The van der Waals surface area contributed by atoms with Crippen molar-refractivity contribution in [1.82, 2.24) is 0 Å². The van der Waals surface area contributed by atoms with E-state index in [1.165, 1.54) is 12.8 Å². The highest BCUT2D eigenvalue weighted by Gasteiger charge is 2.14. The molecule has 0 aromatic carbocycles. The lowest BCUT2D eigenvalue weighted by Crippen LogP contribution is -2.19.